The van der Waals surface area contributed by atoms with Crippen molar-refractivity contribution in [3.8, 4) is 5.75 Å². The van der Waals surface area contributed by atoms with E-state index in [2.05, 4.69) is 25.1 Å². The van der Waals surface area contributed by atoms with E-state index in [1.54, 1.807) is 12.4 Å². The lowest BCUT2D eigenvalue weighted by molar-refractivity contribution is 0.224. The van der Waals surface area contributed by atoms with Crippen molar-refractivity contribution < 1.29 is 4.74 Å². The quantitative estimate of drug-likeness (QED) is 0.738. The fraction of sp³-hybridized carbons (Fsp3) is 0.286. The molecule has 22 heavy (non-hydrogen) atoms. The minimum atomic E-state index is -0.189. The number of aromatic nitrogens is 5. The molecule has 1 aliphatic heterocycles. The van der Waals surface area contributed by atoms with Crippen LogP contribution < -0.4 is 15.2 Å². The minimum Gasteiger partial charge on any atom is -0.487 e. The molecule has 3 aromatic heterocycles. The highest BCUT2D eigenvalue weighted by atomic mass is 16.5. The SMILES string of the molecule is O=c1[nH]c(N2CC[C@H](Oc3cccnc3)C2)nc2[nH]ncc12. The van der Waals surface area contributed by atoms with Gasteiger partial charge in [0.15, 0.2) is 5.65 Å². The second-order valence-electron chi connectivity index (χ2n) is 5.19. The van der Waals surface area contributed by atoms with Crippen molar-refractivity contribution in [1.82, 2.24) is 25.1 Å². The Hall–Kier alpha value is -2.90. The summed E-state index contributed by atoms with van der Waals surface area (Å²) in [5, 5.41) is 7.03. The smallest absolute Gasteiger partial charge is 0.263 e. The molecule has 0 unspecified atom stereocenters. The van der Waals surface area contributed by atoms with Gasteiger partial charge >= 0.3 is 0 Å². The maximum Gasteiger partial charge on any atom is 0.263 e. The molecule has 1 atom stereocenters. The molecule has 0 spiro atoms. The number of fused-ring (bicyclic) bond motifs is 1. The van der Waals surface area contributed by atoms with E-state index in [-0.39, 0.29) is 11.7 Å². The fourth-order valence-electron chi connectivity index (χ4n) is 2.61. The van der Waals surface area contributed by atoms with E-state index >= 15 is 0 Å². The Morgan fingerprint density at radius 2 is 2.32 bits per heavy atom. The Kier molecular flexibility index (Phi) is 2.99. The van der Waals surface area contributed by atoms with Gasteiger partial charge in [-0.25, -0.2) is 0 Å². The van der Waals surface area contributed by atoms with Gasteiger partial charge in [-0.05, 0) is 12.1 Å². The van der Waals surface area contributed by atoms with E-state index in [1.807, 2.05) is 17.0 Å². The number of rotatable bonds is 3. The number of anilines is 1. The van der Waals surface area contributed by atoms with Crippen LogP contribution in [-0.4, -0.2) is 44.3 Å². The first-order valence-electron chi connectivity index (χ1n) is 7.04. The summed E-state index contributed by atoms with van der Waals surface area (Å²) in [6.45, 7) is 1.44. The number of ether oxygens (including phenoxy) is 1. The number of H-pyrrole nitrogens is 2. The van der Waals surface area contributed by atoms with Crippen LogP contribution >= 0.6 is 0 Å². The molecule has 0 radical (unpaired) electrons. The van der Waals surface area contributed by atoms with Crippen LogP contribution in [0.5, 0.6) is 5.75 Å². The van der Waals surface area contributed by atoms with Crippen LogP contribution in [0.25, 0.3) is 11.0 Å². The Morgan fingerprint density at radius 3 is 3.18 bits per heavy atom. The van der Waals surface area contributed by atoms with Crippen LogP contribution in [-0.2, 0) is 0 Å². The van der Waals surface area contributed by atoms with Crippen molar-refractivity contribution in [2.24, 2.45) is 0 Å². The second kappa shape index (κ2) is 5.14. The number of aromatic amines is 2. The van der Waals surface area contributed by atoms with E-state index in [4.69, 9.17) is 4.74 Å². The summed E-state index contributed by atoms with van der Waals surface area (Å²) in [7, 11) is 0. The number of nitrogens with one attached hydrogen (secondary N) is 2. The predicted octanol–water partition coefficient (Wildman–Crippen LogP) is 0.699. The van der Waals surface area contributed by atoms with Gasteiger partial charge in [-0.2, -0.15) is 10.1 Å². The normalized spacial score (nSPS) is 18.0. The fourth-order valence-corrected chi connectivity index (χ4v) is 2.61. The van der Waals surface area contributed by atoms with Crippen LogP contribution in [0.2, 0.25) is 0 Å². The van der Waals surface area contributed by atoms with Gasteiger partial charge in [-0.3, -0.25) is 19.9 Å². The molecular weight excluding hydrogens is 284 g/mol. The molecule has 4 rings (SSSR count). The Morgan fingerprint density at radius 1 is 1.36 bits per heavy atom. The molecule has 8 nitrogen and oxygen atoms in total. The highest BCUT2D eigenvalue weighted by molar-refractivity contribution is 5.73. The minimum absolute atomic E-state index is 0.0481. The second-order valence-corrected chi connectivity index (χ2v) is 5.19. The Balaban J connectivity index is 1.53. The summed E-state index contributed by atoms with van der Waals surface area (Å²) >= 11 is 0. The molecule has 3 aromatic rings. The van der Waals surface area contributed by atoms with E-state index < -0.39 is 0 Å². The molecule has 0 saturated carbocycles. The topological polar surface area (TPSA) is 99.8 Å². The van der Waals surface area contributed by atoms with Crippen molar-refractivity contribution in [2.75, 3.05) is 18.0 Å². The lowest BCUT2D eigenvalue weighted by atomic mass is 10.3. The highest BCUT2D eigenvalue weighted by Crippen LogP contribution is 2.20. The van der Waals surface area contributed by atoms with Crippen molar-refractivity contribution in [3.05, 3.63) is 41.1 Å². The zero-order valence-electron chi connectivity index (χ0n) is 11.7. The molecule has 8 heteroatoms. The maximum absolute atomic E-state index is 12.0. The van der Waals surface area contributed by atoms with Gasteiger partial charge < -0.3 is 9.64 Å². The lowest BCUT2D eigenvalue weighted by Gasteiger charge is -2.17. The van der Waals surface area contributed by atoms with E-state index in [9.17, 15) is 4.79 Å². The Labute approximate surface area is 125 Å². The molecule has 0 amide bonds. The summed E-state index contributed by atoms with van der Waals surface area (Å²) in [4.78, 5) is 25.2. The van der Waals surface area contributed by atoms with Gasteiger partial charge in [0.2, 0.25) is 5.95 Å². The molecule has 4 heterocycles. The monoisotopic (exact) mass is 298 g/mol. The Bertz CT molecular complexity index is 843. The van der Waals surface area contributed by atoms with E-state index in [0.717, 1.165) is 18.7 Å². The number of pyridine rings is 1. The molecular formula is C14H14N6O2. The van der Waals surface area contributed by atoms with Crippen molar-refractivity contribution >= 4 is 17.0 Å². The average molecular weight is 298 g/mol. The standard InChI is InChI=1S/C14H14N6O2/c21-13-11-7-16-19-12(11)17-14(18-13)20-5-3-10(8-20)22-9-2-1-4-15-6-9/h1-2,4,6-7,10H,3,5,8H2,(H2,16,17,18,19,21)/t10-/m0/s1. The number of hydrogen-bond acceptors (Lipinski definition) is 6. The first kappa shape index (κ1) is 12.8. The van der Waals surface area contributed by atoms with Crippen molar-refractivity contribution in [1.29, 1.82) is 0 Å². The molecule has 0 aliphatic carbocycles. The van der Waals surface area contributed by atoms with Gasteiger partial charge in [0, 0.05) is 19.2 Å². The molecule has 1 aliphatic rings. The van der Waals surface area contributed by atoms with Crippen LogP contribution in [0.4, 0.5) is 5.95 Å². The zero-order valence-corrected chi connectivity index (χ0v) is 11.7. The molecule has 112 valence electrons. The van der Waals surface area contributed by atoms with Gasteiger partial charge in [-0.1, -0.05) is 0 Å². The molecule has 0 aromatic carbocycles. The zero-order chi connectivity index (χ0) is 14.9. The first-order chi connectivity index (χ1) is 10.8. The maximum atomic E-state index is 12.0. The average Bonchev–Trinajstić information content (AvgIpc) is 3.17. The molecule has 2 N–H and O–H groups in total. The third-order valence-corrected chi connectivity index (χ3v) is 3.69. The number of nitrogens with zero attached hydrogens (tertiary/aromatic N) is 4. The number of hydrogen-bond donors (Lipinski definition) is 2. The molecule has 1 saturated heterocycles. The summed E-state index contributed by atoms with van der Waals surface area (Å²) < 4.78 is 5.89. The van der Waals surface area contributed by atoms with Crippen molar-refractivity contribution in [2.45, 2.75) is 12.5 Å². The van der Waals surface area contributed by atoms with Gasteiger partial charge in [-0.15, -0.1) is 0 Å². The van der Waals surface area contributed by atoms with Gasteiger partial charge in [0.05, 0.1) is 18.9 Å². The summed E-state index contributed by atoms with van der Waals surface area (Å²) in [6.07, 6.45) is 5.79. The third-order valence-electron chi connectivity index (χ3n) is 3.69. The lowest BCUT2D eigenvalue weighted by Crippen LogP contribution is -2.27. The van der Waals surface area contributed by atoms with Crippen LogP contribution in [0.1, 0.15) is 6.42 Å². The van der Waals surface area contributed by atoms with E-state index in [0.29, 0.717) is 23.5 Å². The first-order valence-corrected chi connectivity index (χ1v) is 7.04. The van der Waals surface area contributed by atoms with Crippen LogP contribution in [0, 0.1) is 0 Å². The van der Waals surface area contributed by atoms with E-state index in [1.165, 1.54) is 6.20 Å². The highest BCUT2D eigenvalue weighted by Gasteiger charge is 2.26. The van der Waals surface area contributed by atoms with Crippen LogP contribution in [0.15, 0.2) is 35.5 Å². The third kappa shape index (κ3) is 2.28. The summed E-state index contributed by atoms with van der Waals surface area (Å²) in [5.41, 5.74) is 0.306. The van der Waals surface area contributed by atoms with Gasteiger partial charge in [0.25, 0.3) is 5.56 Å². The summed E-state index contributed by atoms with van der Waals surface area (Å²) in [6, 6.07) is 3.72. The molecule has 1 fully saturated rings. The predicted molar refractivity (Wildman–Crippen MR) is 80.0 cm³/mol. The van der Waals surface area contributed by atoms with Gasteiger partial charge in [0.1, 0.15) is 17.2 Å². The largest absolute Gasteiger partial charge is 0.487 e. The summed E-state index contributed by atoms with van der Waals surface area (Å²) in [5.74, 6) is 1.29. The van der Waals surface area contributed by atoms with Crippen molar-refractivity contribution in [3.63, 3.8) is 0 Å². The van der Waals surface area contributed by atoms with Crippen LogP contribution in [0.3, 0.4) is 0 Å². The molecule has 0 bridgehead atoms.